The van der Waals surface area contributed by atoms with E-state index < -0.39 is 26.5 Å². The van der Waals surface area contributed by atoms with E-state index in [-0.39, 0.29) is 32.1 Å². The van der Waals surface area contributed by atoms with Gasteiger partial charge in [0.1, 0.15) is 12.7 Å². The van der Waals surface area contributed by atoms with E-state index in [2.05, 4.69) is 92.1 Å². The molecule has 0 aromatic rings. The van der Waals surface area contributed by atoms with Crippen LogP contribution in [-0.4, -0.2) is 54.3 Å². The molecule has 0 bridgehead atoms. The number of carbonyl (C=O) groups is 2. The smallest absolute Gasteiger partial charge is 0.463 e. The molecule has 9 nitrogen and oxygen atoms in total. The monoisotopic (exact) mass is 834 g/mol. The lowest BCUT2D eigenvalue weighted by atomic mass is 10.0. The van der Waals surface area contributed by atoms with Gasteiger partial charge in [0.05, 0.1) is 13.2 Å². The van der Waals surface area contributed by atoms with E-state index in [1.807, 2.05) is 0 Å². The van der Waals surface area contributed by atoms with Crippen LogP contribution in [0.5, 0.6) is 0 Å². The molecule has 0 fully saturated rings. The summed E-state index contributed by atoms with van der Waals surface area (Å²) in [6.45, 7) is 3.40. The molecule has 0 rings (SSSR count). The molecule has 0 aliphatic rings. The molecule has 0 saturated heterocycles. The molecule has 3 N–H and O–H groups in total. The molecule has 0 heterocycles. The first-order valence-corrected chi connectivity index (χ1v) is 24.4. The zero-order valence-corrected chi connectivity index (χ0v) is 37.6. The summed E-state index contributed by atoms with van der Waals surface area (Å²) < 4.78 is 26.9. The van der Waals surface area contributed by atoms with Gasteiger partial charge in [0, 0.05) is 19.4 Å². The van der Waals surface area contributed by atoms with Crippen LogP contribution >= 0.6 is 7.82 Å². The molecule has 0 aliphatic carbocycles. The Balaban J connectivity index is 3.68. The molecule has 0 radical (unpaired) electrons. The maximum atomic E-state index is 12.1. The van der Waals surface area contributed by atoms with Crippen molar-refractivity contribution >= 4 is 19.7 Å². The highest BCUT2D eigenvalue weighted by Gasteiger charge is 2.23. The van der Waals surface area contributed by atoms with Crippen molar-refractivity contribution in [3.8, 4) is 0 Å². The summed E-state index contributed by atoms with van der Waals surface area (Å²) in [5, 5.41) is 12.7. The van der Waals surface area contributed by atoms with Crippen LogP contribution in [-0.2, 0) is 27.9 Å². The van der Waals surface area contributed by atoms with E-state index >= 15 is 0 Å². The lowest BCUT2D eigenvalue weighted by Gasteiger charge is -2.15. The van der Waals surface area contributed by atoms with Crippen LogP contribution in [0.1, 0.15) is 187 Å². The van der Waals surface area contributed by atoms with Gasteiger partial charge in [0.25, 0.3) is 0 Å². The van der Waals surface area contributed by atoms with Crippen molar-refractivity contribution in [3.05, 3.63) is 72.9 Å². The summed E-state index contributed by atoms with van der Waals surface area (Å²) in [6.07, 6.45) is 54.0. The third-order valence-corrected chi connectivity index (χ3v) is 10.4. The lowest BCUT2D eigenvalue weighted by molar-refractivity contribution is -0.147. The topological polar surface area (TPSA) is 131 Å². The second-order valence-corrected chi connectivity index (χ2v) is 16.5. The molecule has 0 aromatic carbocycles. The average molecular weight is 834 g/mol. The van der Waals surface area contributed by atoms with Gasteiger partial charge >= 0.3 is 13.8 Å². The van der Waals surface area contributed by atoms with Crippen LogP contribution in [0.2, 0.25) is 0 Å². The zero-order valence-electron chi connectivity index (χ0n) is 36.7. The molecule has 0 spiro atoms. The van der Waals surface area contributed by atoms with Crippen molar-refractivity contribution in [2.75, 3.05) is 26.4 Å². The third kappa shape index (κ3) is 44.6. The van der Waals surface area contributed by atoms with Gasteiger partial charge in [-0.1, -0.05) is 183 Å². The second-order valence-electron chi connectivity index (χ2n) is 15.0. The molecule has 10 heteroatoms. The van der Waals surface area contributed by atoms with Crippen molar-refractivity contribution in [3.63, 3.8) is 0 Å². The van der Waals surface area contributed by atoms with Gasteiger partial charge < -0.3 is 20.1 Å². The summed E-state index contributed by atoms with van der Waals surface area (Å²) in [7, 11) is -4.43. The Morgan fingerprint density at radius 3 is 1.47 bits per heavy atom. The molecule has 0 aliphatic heterocycles. The number of phosphoric ester groups is 1. The Labute approximate surface area is 354 Å². The van der Waals surface area contributed by atoms with Crippen molar-refractivity contribution in [2.24, 2.45) is 0 Å². The predicted molar refractivity (Wildman–Crippen MR) is 243 cm³/mol. The molecule has 2 unspecified atom stereocenters. The van der Waals surface area contributed by atoms with Gasteiger partial charge in [0.15, 0.2) is 0 Å². The quantitative estimate of drug-likeness (QED) is 0.0240. The van der Waals surface area contributed by atoms with E-state index in [1.165, 1.54) is 83.5 Å². The number of rotatable bonds is 42. The Hall–Kier alpha value is -2.55. The number of esters is 1. The van der Waals surface area contributed by atoms with Crippen LogP contribution in [0.25, 0.3) is 0 Å². The van der Waals surface area contributed by atoms with Crippen LogP contribution in [0.15, 0.2) is 72.9 Å². The Kier molecular flexibility index (Phi) is 42.1. The molecule has 0 saturated carbocycles. The van der Waals surface area contributed by atoms with Gasteiger partial charge in [-0.3, -0.25) is 18.6 Å². The number of nitrogens with one attached hydrogen (secondary N) is 1. The van der Waals surface area contributed by atoms with Crippen LogP contribution in [0, 0.1) is 0 Å². The van der Waals surface area contributed by atoms with E-state index in [1.54, 1.807) is 0 Å². The number of ether oxygens (including phenoxy) is 1. The first-order valence-electron chi connectivity index (χ1n) is 22.9. The number of aliphatic hydroxyl groups excluding tert-OH is 1. The van der Waals surface area contributed by atoms with Gasteiger partial charge in [-0.05, 0) is 64.2 Å². The van der Waals surface area contributed by atoms with Crippen LogP contribution in [0.4, 0.5) is 0 Å². The normalized spacial score (nSPS) is 13.9. The summed E-state index contributed by atoms with van der Waals surface area (Å²) >= 11 is 0. The molecule has 334 valence electrons. The molecule has 0 aromatic heterocycles. The fourth-order valence-corrected chi connectivity index (χ4v) is 6.73. The maximum Gasteiger partial charge on any atom is 0.472 e. The number of allylic oxidation sites excluding steroid dienone is 12. The highest BCUT2D eigenvalue weighted by atomic mass is 31.2. The van der Waals surface area contributed by atoms with E-state index in [4.69, 9.17) is 13.8 Å². The van der Waals surface area contributed by atoms with Crippen molar-refractivity contribution < 1.29 is 37.9 Å². The van der Waals surface area contributed by atoms with Gasteiger partial charge in [-0.15, -0.1) is 0 Å². The standard InChI is InChI=1S/C48H84NO8P/c1-3-5-7-9-11-13-15-17-19-21-22-23-24-25-27-29-31-33-35-37-39-41-48(52)55-44-46(50)45-57-58(53,54)56-43-42-49-47(51)40-38-36-34-32-30-28-26-20-18-16-14-12-10-8-6-4-2/h5,7,11,13,17,19,22-23,25,27,31,33,46,50H,3-4,6,8-10,12,14-16,18,20-21,24,26,28-30,32,34-45H2,1-2H3,(H,49,51)(H,53,54)/b7-5-,13-11-,19-17-,23-22-,27-25-,33-31-. The zero-order chi connectivity index (χ0) is 42.5. The van der Waals surface area contributed by atoms with Crippen molar-refractivity contribution in [2.45, 2.75) is 193 Å². The largest absolute Gasteiger partial charge is 0.472 e. The number of hydrogen-bond donors (Lipinski definition) is 3. The van der Waals surface area contributed by atoms with Crippen LogP contribution in [0.3, 0.4) is 0 Å². The second kappa shape index (κ2) is 44.0. The summed E-state index contributed by atoms with van der Waals surface area (Å²) in [6, 6.07) is 0. The predicted octanol–water partition coefficient (Wildman–Crippen LogP) is 13.0. The highest BCUT2D eigenvalue weighted by molar-refractivity contribution is 7.47. The Morgan fingerprint density at radius 1 is 0.552 bits per heavy atom. The van der Waals surface area contributed by atoms with E-state index in [0.717, 1.165) is 70.6 Å². The maximum absolute atomic E-state index is 12.1. The van der Waals surface area contributed by atoms with Gasteiger partial charge in [0.2, 0.25) is 5.91 Å². The summed E-state index contributed by atoms with van der Waals surface area (Å²) in [5.74, 6) is -0.561. The van der Waals surface area contributed by atoms with Gasteiger partial charge in [-0.25, -0.2) is 4.57 Å². The lowest BCUT2D eigenvalue weighted by Crippen LogP contribution is -2.27. The first kappa shape index (κ1) is 55.5. The van der Waals surface area contributed by atoms with Crippen molar-refractivity contribution in [1.82, 2.24) is 5.32 Å². The summed E-state index contributed by atoms with van der Waals surface area (Å²) in [5.41, 5.74) is 0. The number of hydrogen-bond acceptors (Lipinski definition) is 7. The Bertz CT molecular complexity index is 1180. The number of aliphatic hydroxyl groups is 1. The van der Waals surface area contributed by atoms with E-state index in [9.17, 15) is 24.2 Å². The molecule has 2 atom stereocenters. The third-order valence-electron chi connectivity index (χ3n) is 9.40. The molecule has 58 heavy (non-hydrogen) atoms. The fraction of sp³-hybridized carbons (Fsp3) is 0.708. The highest BCUT2D eigenvalue weighted by Crippen LogP contribution is 2.42. The summed E-state index contributed by atoms with van der Waals surface area (Å²) in [4.78, 5) is 33.9. The number of carbonyl (C=O) groups excluding carboxylic acids is 2. The number of amides is 1. The van der Waals surface area contributed by atoms with Crippen molar-refractivity contribution in [1.29, 1.82) is 0 Å². The molecular weight excluding hydrogens is 750 g/mol. The number of unbranched alkanes of at least 4 members (excludes halogenated alkanes) is 17. The number of phosphoric acid groups is 1. The fourth-order valence-electron chi connectivity index (χ4n) is 5.97. The Morgan fingerprint density at radius 2 is 0.983 bits per heavy atom. The molecule has 1 amide bonds. The van der Waals surface area contributed by atoms with Crippen LogP contribution < -0.4 is 5.32 Å². The minimum Gasteiger partial charge on any atom is -0.463 e. The van der Waals surface area contributed by atoms with Gasteiger partial charge in [-0.2, -0.15) is 0 Å². The minimum atomic E-state index is -4.43. The SMILES string of the molecule is CC/C=C\C/C=C\C/C=C\C/C=C\C/C=C\C/C=C\CCCCC(=O)OCC(O)COP(=O)(O)OCCNC(=O)CCCCCCCCCCCCCCCCCC. The van der Waals surface area contributed by atoms with E-state index in [0.29, 0.717) is 12.8 Å². The molecular formula is C48H84NO8P. The first-order chi connectivity index (χ1) is 28.3. The minimum absolute atomic E-state index is 0.0753. The average Bonchev–Trinajstić information content (AvgIpc) is 3.21.